The second-order valence-corrected chi connectivity index (χ2v) is 5.20. The number of benzene rings is 2. The summed E-state index contributed by atoms with van der Waals surface area (Å²) in [7, 11) is 0. The summed E-state index contributed by atoms with van der Waals surface area (Å²) in [5, 5.41) is 0. The number of carbonyl (C=O) groups is 1. The maximum absolute atomic E-state index is 11.8. The zero-order chi connectivity index (χ0) is 14.8. The third-order valence-electron chi connectivity index (χ3n) is 3.35. The predicted octanol–water partition coefficient (Wildman–Crippen LogP) is 4.19. The van der Waals surface area contributed by atoms with Gasteiger partial charge in [0.05, 0.1) is 6.61 Å². The Morgan fingerprint density at radius 2 is 1.43 bits per heavy atom. The van der Waals surface area contributed by atoms with Gasteiger partial charge in [-0.15, -0.1) is 0 Å². The van der Waals surface area contributed by atoms with E-state index >= 15 is 0 Å². The van der Waals surface area contributed by atoms with Crippen molar-refractivity contribution in [3.8, 4) is 0 Å². The van der Waals surface area contributed by atoms with Gasteiger partial charge in [-0.05, 0) is 24.0 Å². The lowest BCUT2D eigenvalue weighted by Gasteiger charge is -2.04. The van der Waals surface area contributed by atoms with Crippen LogP contribution in [0, 0.1) is 0 Å². The van der Waals surface area contributed by atoms with Crippen molar-refractivity contribution in [2.24, 2.45) is 0 Å². The average molecular weight is 282 g/mol. The second-order valence-electron chi connectivity index (χ2n) is 5.20. The molecule has 0 aliphatic carbocycles. The molecule has 0 aromatic heterocycles. The Hall–Kier alpha value is -1.93. The molecule has 0 saturated carbocycles. The number of hydrogen-bond acceptors (Lipinski definition) is 2. The van der Waals surface area contributed by atoms with Crippen molar-refractivity contribution in [3.05, 3.63) is 71.8 Å². The number of Topliss-reactive ketones (excluding diaryl/α,β-unsaturated/α-hetero) is 1. The van der Waals surface area contributed by atoms with Gasteiger partial charge in [0.15, 0.2) is 0 Å². The fraction of sp³-hybridized carbons (Fsp3) is 0.316. The minimum Gasteiger partial charge on any atom is -0.377 e. The molecule has 0 unspecified atom stereocenters. The molecule has 0 saturated heterocycles. The summed E-state index contributed by atoms with van der Waals surface area (Å²) < 4.78 is 5.61. The first-order valence-electron chi connectivity index (χ1n) is 7.52. The lowest BCUT2D eigenvalue weighted by atomic mass is 10.1. The monoisotopic (exact) mass is 282 g/mol. The lowest BCUT2D eigenvalue weighted by molar-refractivity contribution is -0.118. The van der Waals surface area contributed by atoms with Crippen LogP contribution >= 0.6 is 0 Å². The zero-order valence-electron chi connectivity index (χ0n) is 12.3. The van der Waals surface area contributed by atoms with E-state index in [4.69, 9.17) is 4.74 Å². The normalized spacial score (nSPS) is 10.5. The number of hydrogen-bond donors (Lipinski definition) is 0. The molecule has 0 N–H and O–H groups in total. The number of unbranched alkanes of at least 4 members (excludes halogenated alkanes) is 1. The minimum atomic E-state index is 0.309. The Kier molecular flexibility index (Phi) is 6.69. The van der Waals surface area contributed by atoms with E-state index in [0.717, 1.165) is 18.4 Å². The largest absolute Gasteiger partial charge is 0.377 e. The van der Waals surface area contributed by atoms with Crippen molar-refractivity contribution in [2.75, 3.05) is 6.61 Å². The summed E-state index contributed by atoms with van der Waals surface area (Å²) in [4.78, 5) is 11.8. The standard InChI is InChI=1S/C19H22O2/c20-19(15-17-9-3-1-4-10-17)13-7-8-14-21-16-18-11-5-2-6-12-18/h1-6,9-12H,7-8,13-16H2. The molecular weight excluding hydrogens is 260 g/mol. The molecule has 0 aliphatic rings. The molecule has 0 aliphatic heterocycles. The van der Waals surface area contributed by atoms with Crippen LogP contribution in [0.2, 0.25) is 0 Å². The molecule has 0 spiro atoms. The van der Waals surface area contributed by atoms with Gasteiger partial charge in [0.2, 0.25) is 0 Å². The highest BCUT2D eigenvalue weighted by molar-refractivity contribution is 5.80. The van der Waals surface area contributed by atoms with E-state index in [-0.39, 0.29) is 0 Å². The topological polar surface area (TPSA) is 26.3 Å². The van der Waals surface area contributed by atoms with Crippen LogP contribution in [0.1, 0.15) is 30.4 Å². The van der Waals surface area contributed by atoms with Gasteiger partial charge in [-0.3, -0.25) is 4.79 Å². The van der Waals surface area contributed by atoms with E-state index in [1.54, 1.807) is 0 Å². The number of ether oxygens (including phenoxy) is 1. The van der Waals surface area contributed by atoms with Gasteiger partial charge in [0.1, 0.15) is 5.78 Å². The van der Waals surface area contributed by atoms with Crippen molar-refractivity contribution < 1.29 is 9.53 Å². The van der Waals surface area contributed by atoms with Crippen LogP contribution in [-0.4, -0.2) is 12.4 Å². The second kappa shape index (κ2) is 9.09. The quantitative estimate of drug-likeness (QED) is 0.645. The molecule has 2 nitrogen and oxygen atoms in total. The molecule has 0 bridgehead atoms. The summed E-state index contributed by atoms with van der Waals surface area (Å²) in [6.45, 7) is 1.37. The van der Waals surface area contributed by atoms with Crippen molar-refractivity contribution in [2.45, 2.75) is 32.3 Å². The molecule has 2 aromatic rings. The highest BCUT2D eigenvalue weighted by atomic mass is 16.5. The molecule has 21 heavy (non-hydrogen) atoms. The third kappa shape index (κ3) is 6.37. The summed E-state index contributed by atoms with van der Waals surface area (Å²) in [5.41, 5.74) is 2.29. The first-order valence-corrected chi connectivity index (χ1v) is 7.52. The predicted molar refractivity (Wildman–Crippen MR) is 85.1 cm³/mol. The maximum atomic E-state index is 11.8. The molecule has 2 heteroatoms. The van der Waals surface area contributed by atoms with Crippen LogP contribution in [0.3, 0.4) is 0 Å². The molecule has 0 heterocycles. The first kappa shape index (κ1) is 15.5. The van der Waals surface area contributed by atoms with Crippen molar-refractivity contribution in [1.82, 2.24) is 0 Å². The lowest BCUT2D eigenvalue weighted by Crippen LogP contribution is -2.03. The Labute approximate surface area is 126 Å². The Balaban J connectivity index is 1.52. The molecule has 0 atom stereocenters. The molecule has 0 fully saturated rings. The van der Waals surface area contributed by atoms with Gasteiger partial charge in [-0.25, -0.2) is 0 Å². The summed E-state index contributed by atoms with van der Waals surface area (Å²) in [6, 6.07) is 20.1. The summed E-state index contributed by atoms with van der Waals surface area (Å²) >= 11 is 0. The van der Waals surface area contributed by atoms with Gasteiger partial charge >= 0.3 is 0 Å². The maximum Gasteiger partial charge on any atom is 0.137 e. The van der Waals surface area contributed by atoms with Gasteiger partial charge < -0.3 is 4.74 Å². The van der Waals surface area contributed by atoms with Crippen molar-refractivity contribution >= 4 is 5.78 Å². The number of rotatable bonds is 9. The smallest absolute Gasteiger partial charge is 0.137 e. The van der Waals surface area contributed by atoms with E-state index in [9.17, 15) is 4.79 Å². The molecular formula is C19H22O2. The molecule has 0 amide bonds. The van der Waals surface area contributed by atoms with Crippen LogP contribution in [-0.2, 0) is 22.6 Å². The fourth-order valence-electron chi connectivity index (χ4n) is 2.20. The third-order valence-corrected chi connectivity index (χ3v) is 3.35. The van der Waals surface area contributed by atoms with Crippen molar-refractivity contribution in [1.29, 1.82) is 0 Å². The highest BCUT2D eigenvalue weighted by Gasteiger charge is 2.03. The van der Waals surface area contributed by atoms with Gasteiger partial charge in [0.25, 0.3) is 0 Å². The number of carbonyl (C=O) groups excluding carboxylic acids is 1. The van der Waals surface area contributed by atoms with E-state index in [2.05, 4.69) is 12.1 Å². The Bertz CT molecular complexity index is 520. The number of ketones is 1. The minimum absolute atomic E-state index is 0.309. The fourth-order valence-corrected chi connectivity index (χ4v) is 2.20. The van der Waals surface area contributed by atoms with Gasteiger partial charge in [-0.2, -0.15) is 0 Å². The Morgan fingerprint density at radius 1 is 0.810 bits per heavy atom. The molecule has 0 radical (unpaired) electrons. The zero-order valence-corrected chi connectivity index (χ0v) is 12.3. The Morgan fingerprint density at radius 3 is 2.10 bits per heavy atom. The first-order chi connectivity index (χ1) is 10.3. The van der Waals surface area contributed by atoms with Crippen molar-refractivity contribution in [3.63, 3.8) is 0 Å². The van der Waals surface area contributed by atoms with E-state index in [1.165, 1.54) is 5.56 Å². The van der Waals surface area contributed by atoms with Crippen LogP contribution < -0.4 is 0 Å². The van der Waals surface area contributed by atoms with E-state index < -0.39 is 0 Å². The van der Waals surface area contributed by atoms with Crippen LogP contribution in [0.15, 0.2) is 60.7 Å². The summed E-state index contributed by atoms with van der Waals surface area (Å²) in [5.74, 6) is 0.309. The van der Waals surface area contributed by atoms with E-state index in [0.29, 0.717) is 31.8 Å². The highest BCUT2D eigenvalue weighted by Crippen LogP contribution is 2.06. The summed E-state index contributed by atoms with van der Waals surface area (Å²) in [6.07, 6.45) is 3.03. The van der Waals surface area contributed by atoms with Crippen LogP contribution in [0.25, 0.3) is 0 Å². The van der Waals surface area contributed by atoms with Gasteiger partial charge in [0, 0.05) is 19.4 Å². The van der Waals surface area contributed by atoms with Crippen LogP contribution in [0.5, 0.6) is 0 Å². The van der Waals surface area contributed by atoms with Gasteiger partial charge in [-0.1, -0.05) is 60.7 Å². The van der Waals surface area contributed by atoms with E-state index in [1.807, 2.05) is 48.5 Å². The molecule has 2 aromatic carbocycles. The average Bonchev–Trinajstić information content (AvgIpc) is 2.53. The molecule has 110 valence electrons. The SMILES string of the molecule is O=C(CCCCOCc1ccccc1)Cc1ccccc1. The molecule has 2 rings (SSSR count). The van der Waals surface area contributed by atoms with Crippen LogP contribution in [0.4, 0.5) is 0 Å².